The second-order valence-corrected chi connectivity index (χ2v) is 6.27. The molecule has 0 amide bonds. The molecular weight excluding hydrogens is 180 g/mol. The molecule has 0 nitrogen and oxygen atoms in total. The Morgan fingerprint density at radius 1 is 1.13 bits per heavy atom. The second-order valence-electron chi connectivity index (χ2n) is 6.27. The van der Waals surface area contributed by atoms with E-state index >= 15 is 0 Å². The van der Waals surface area contributed by atoms with Crippen molar-refractivity contribution in [2.45, 2.75) is 44.9 Å². The van der Waals surface area contributed by atoms with Gasteiger partial charge in [0, 0.05) is 0 Å². The molecule has 3 saturated carbocycles. The lowest BCUT2D eigenvalue weighted by molar-refractivity contribution is 0.232. The van der Waals surface area contributed by atoms with Crippen LogP contribution in [-0.4, -0.2) is 0 Å². The van der Waals surface area contributed by atoms with Crippen molar-refractivity contribution in [3.63, 3.8) is 0 Å². The van der Waals surface area contributed by atoms with Crippen LogP contribution < -0.4 is 0 Å². The molecule has 0 N–H and O–H groups in total. The Hall–Kier alpha value is -0.520. The molecular formula is C15H20. The Morgan fingerprint density at radius 2 is 2.00 bits per heavy atom. The normalized spacial score (nSPS) is 51.2. The first-order valence-electron chi connectivity index (χ1n) is 6.74. The minimum atomic E-state index is 0.922. The zero-order valence-corrected chi connectivity index (χ0v) is 9.41. The Balaban J connectivity index is 1.47. The molecule has 15 heavy (non-hydrogen) atoms. The van der Waals surface area contributed by atoms with Crippen LogP contribution in [0.15, 0.2) is 23.8 Å². The first-order chi connectivity index (χ1) is 7.38. The van der Waals surface area contributed by atoms with E-state index in [1.165, 1.54) is 31.6 Å². The quantitative estimate of drug-likeness (QED) is 0.630. The summed E-state index contributed by atoms with van der Waals surface area (Å²) in [5.41, 5.74) is 2.67. The van der Waals surface area contributed by atoms with Gasteiger partial charge in [-0.3, -0.25) is 0 Å². The summed E-state index contributed by atoms with van der Waals surface area (Å²) < 4.78 is 0. The topological polar surface area (TPSA) is 0 Å². The van der Waals surface area contributed by atoms with Crippen LogP contribution in [0.3, 0.4) is 0 Å². The molecule has 0 aromatic heterocycles. The maximum Gasteiger partial charge on any atom is -0.0130 e. The number of hydrogen-bond donors (Lipinski definition) is 0. The van der Waals surface area contributed by atoms with Gasteiger partial charge in [0.25, 0.3) is 0 Å². The Bertz CT molecular complexity index is 341. The Morgan fingerprint density at radius 3 is 2.67 bits per heavy atom. The van der Waals surface area contributed by atoms with Gasteiger partial charge in [-0.1, -0.05) is 30.2 Å². The number of hydrogen-bond acceptors (Lipinski definition) is 0. The smallest absolute Gasteiger partial charge is 0.0130 e. The van der Waals surface area contributed by atoms with Gasteiger partial charge < -0.3 is 0 Å². The van der Waals surface area contributed by atoms with Crippen molar-refractivity contribution in [1.29, 1.82) is 0 Å². The lowest BCUT2D eigenvalue weighted by Gasteiger charge is -2.32. The third kappa shape index (κ3) is 1.20. The lowest BCUT2D eigenvalue weighted by Crippen LogP contribution is -2.20. The summed E-state index contributed by atoms with van der Waals surface area (Å²) in [5, 5.41) is 0. The average Bonchev–Trinajstić information content (AvgIpc) is 3.04. The summed E-state index contributed by atoms with van der Waals surface area (Å²) in [5.74, 6) is 3.26. The van der Waals surface area contributed by atoms with Crippen molar-refractivity contribution < 1.29 is 0 Å². The molecule has 0 aromatic rings. The standard InChI is InChI=1S/C15H20/c1-2-5-11(4-1)12-6-3-7-13(8-12)15-9-14(15)10-15/h1-2,4,12-14H,3,5-10H2. The second kappa shape index (κ2) is 2.78. The van der Waals surface area contributed by atoms with Gasteiger partial charge in [0.1, 0.15) is 0 Å². The molecule has 0 radical (unpaired) electrons. The van der Waals surface area contributed by atoms with Crippen LogP contribution in [0.25, 0.3) is 0 Å². The summed E-state index contributed by atoms with van der Waals surface area (Å²) >= 11 is 0. The molecule has 2 atom stereocenters. The molecule has 2 unspecified atom stereocenters. The molecule has 0 aromatic carbocycles. The zero-order valence-electron chi connectivity index (χ0n) is 9.41. The fourth-order valence-electron chi connectivity index (χ4n) is 4.22. The minimum Gasteiger partial charge on any atom is -0.0805 e. The van der Waals surface area contributed by atoms with E-state index in [-0.39, 0.29) is 0 Å². The fraction of sp³-hybridized carbons (Fsp3) is 0.733. The van der Waals surface area contributed by atoms with E-state index in [1.807, 2.05) is 0 Å². The first-order valence-corrected chi connectivity index (χ1v) is 6.74. The van der Waals surface area contributed by atoms with E-state index in [4.69, 9.17) is 0 Å². The molecule has 4 aliphatic carbocycles. The number of rotatable bonds is 2. The lowest BCUT2D eigenvalue weighted by atomic mass is 9.73. The summed E-state index contributed by atoms with van der Waals surface area (Å²) in [7, 11) is 0. The van der Waals surface area contributed by atoms with Gasteiger partial charge in [-0.15, -0.1) is 0 Å². The van der Waals surface area contributed by atoms with Gasteiger partial charge in [-0.25, -0.2) is 0 Å². The summed E-state index contributed by atoms with van der Waals surface area (Å²) in [6.45, 7) is 0. The van der Waals surface area contributed by atoms with E-state index in [0.29, 0.717) is 0 Å². The Kier molecular flexibility index (Phi) is 1.60. The highest BCUT2D eigenvalue weighted by Gasteiger charge is 2.72. The van der Waals surface area contributed by atoms with Gasteiger partial charge in [0.05, 0.1) is 0 Å². The van der Waals surface area contributed by atoms with E-state index in [2.05, 4.69) is 18.2 Å². The molecule has 0 heterocycles. The van der Waals surface area contributed by atoms with Crippen molar-refractivity contribution in [2.75, 3.05) is 0 Å². The Labute approximate surface area is 92.4 Å². The molecule has 0 aliphatic heterocycles. The minimum absolute atomic E-state index is 0.922. The molecule has 4 rings (SSSR count). The molecule has 4 aliphatic rings. The molecule has 0 heteroatoms. The van der Waals surface area contributed by atoms with Crippen molar-refractivity contribution in [2.24, 2.45) is 23.2 Å². The third-order valence-corrected chi connectivity index (χ3v) is 5.56. The molecule has 0 bridgehead atoms. The zero-order chi connectivity index (χ0) is 9.88. The highest BCUT2D eigenvalue weighted by molar-refractivity contribution is 5.27. The average molecular weight is 200 g/mol. The molecule has 0 spiro atoms. The molecule has 80 valence electrons. The maximum atomic E-state index is 2.39. The fourth-order valence-corrected chi connectivity index (χ4v) is 4.22. The maximum absolute atomic E-state index is 2.39. The van der Waals surface area contributed by atoms with Gasteiger partial charge in [-0.2, -0.15) is 0 Å². The number of allylic oxidation sites excluding steroid dienone is 4. The van der Waals surface area contributed by atoms with Gasteiger partial charge in [0.2, 0.25) is 0 Å². The van der Waals surface area contributed by atoms with Gasteiger partial charge in [-0.05, 0) is 61.7 Å². The van der Waals surface area contributed by atoms with Crippen molar-refractivity contribution in [3.05, 3.63) is 23.8 Å². The third-order valence-electron chi connectivity index (χ3n) is 5.56. The summed E-state index contributed by atoms with van der Waals surface area (Å²) in [6, 6.07) is 0. The summed E-state index contributed by atoms with van der Waals surface area (Å²) in [6.07, 6.45) is 17.5. The highest BCUT2D eigenvalue weighted by Crippen LogP contribution is 2.80. The first kappa shape index (κ1) is 8.61. The number of fused-ring (bicyclic) bond motifs is 1. The van der Waals surface area contributed by atoms with E-state index in [9.17, 15) is 0 Å². The van der Waals surface area contributed by atoms with Crippen LogP contribution in [0, 0.1) is 23.2 Å². The highest BCUT2D eigenvalue weighted by atomic mass is 14.8. The van der Waals surface area contributed by atoms with Crippen LogP contribution in [0.1, 0.15) is 44.9 Å². The molecule has 3 fully saturated rings. The van der Waals surface area contributed by atoms with Gasteiger partial charge >= 0.3 is 0 Å². The van der Waals surface area contributed by atoms with Crippen LogP contribution in [-0.2, 0) is 0 Å². The van der Waals surface area contributed by atoms with Crippen LogP contribution >= 0.6 is 0 Å². The monoisotopic (exact) mass is 200 g/mol. The summed E-state index contributed by atoms with van der Waals surface area (Å²) in [4.78, 5) is 0. The van der Waals surface area contributed by atoms with Crippen molar-refractivity contribution in [3.8, 4) is 0 Å². The predicted molar refractivity (Wildman–Crippen MR) is 62.4 cm³/mol. The van der Waals surface area contributed by atoms with E-state index in [0.717, 1.165) is 17.3 Å². The van der Waals surface area contributed by atoms with E-state index < -0.39 is 0 Å². The van der Waals surface area contributed by atoms with Crippen molar-refractivity contribution >= 4 is 0 Å². The van der Waals surface area contributed by atoms with Crippen LogP contribution in [0.4, 0.5) is 0 Å². The van der Waals surface area contributed by atoms with Crippen molar-refractivity contribution in [1.82, 2.24) is 0 Å². The SMILES string of the molecule is C1=CCC(C2CCCC(C34CC3C4)C2)=C1. The molecule has 0 saturated heterocycles. The van der Waals surface area contributed by atoms with Crippen LogP contribution in [0.5, 0.6) is 0 Å². The predicted octanol–water partition coefficient (Wildman–Crippen LogP) is 4.09. The largest absolute Gasteiger partial charge is 0.0805 e. The van der Waals surface area contributed by atoms with Crippen LogP contribution in [0.2, 0.25) is 0 Å². The van der Waals surface area contributed by atoms with Gasteiger partial charge in [0.15, 0.2) is 0 Å². The van der Waals surface area contributed by atoms with E-state index in [1.54, 1.807) is 24.8 Å².